The summed E-state index contributed by atoms with van der Waals surface area (Å²) in [6.07, 6.45) is 0. The summed E-state index contributed by atoms with van der Waals surface area (Å²) in [4.78, 5) is 0. The minimum Gasteiger partial charge on any atom is -0.375 e. The fourth-order valence-electron chi connectivity index (χ4n) is 0. The van der Waals surface area contributed by atoms with E-state index in [0.29, 0.717) is 0 Å². The molecule has 10 N–H and O–H groups in total. The van der Waals surface area contributed by atoms with Crippen molar-refractivity contribution in [1.82, 2.24) is 10.9 Å². The Bertz CT molecular complexity index is 98.3. The Morgan fingerprint density at radius 1 is 0.900 bits per heavy atom. The average molecular weight is 182 g/mol. The van der Waals surface area contributed by atoms with Crippen LogP contribution in [0.4, 0.5) is 0 Å². The molecule has 0 aromatic heterocycles. The van der Waals surface area contributed by atoms with Crippen molar-refractivity contribution in [3.05, 3.63) is 0 Å². The first-order valence-corrected chi connectivity index (χ1v) is 2.88. The molecular formula is C2H10N6S2. The van der Waals surface area contributed by atoms with Crippen LogP contribution >= 0.6 is 24.4 Å². The highest BCUT2D eigenvalue weighted by Crippen LogP contribution is 1.40. The van der Waals surface area contributed by atoms with E-state index in [1.54, 1.807) is 0 Å². The Morgan fingerprint density at radius 2 is 1.00 bits per heavy atom. The maximum atomic E-state index is 4.79. The largest absolute Gasteiger partial charge is 0.375 e. The lowest BCUT2D eigenvalue weighted by Gasteiger charge is -1.85. The van der Waals surface area contributed by atoms with Crippen molar-refractivity contribution in [3.8, 4) is 0 Å². The summed E-state index contributed by atoms with van der Waals surface area (Å²) >= 11 is 8.48. The number of hydrogen-bond donors (Lipinski definition) is 6. The van der Waals surface area contributed by atoms with E-state index in [-0.39, 0.29) is 10.2 Å². The Hall–Kier alpha value is -0.700. The van der Waals surface area contributed by atoms with Gasteiger partial charge in [-0.1, -0.05) is 0 Å². The first kappa shape index (κ1) is 12.0. The Kier molecular flexibility index (Phi) is 9.98. The van der Waals surface area contributed by atoms with Crippen LogP contribution in [0.3, 0.4) is 0 Å². The van der Waals surface area contributed by atoms with Crippen LogP contribution < -0.4 is 34.0 Å². The van der Waals surface area contributed by atoms with Crippen molar-refractivity contribution >= 4 is 34.7 Å². The van der Waals surface area contributed by atoms with Crippen LogP contribution in [0.2, 0.25) is 0 Å². The van der Waals surface area contributed by atoms with Crippen molar-refractivity contribution in [2.75, 3.05) is 0 Å². The first-order chi connectivity index (χ1) is 4.54. The van der Waals surface area contributed by atoms with E-state index in [9.17, 15) is 0 Å². The second-order valence-corrected chi connectivity index (χ2v) is 1.90. The van der Waals surface area contributed by atoms with Crippen LogP contribution in [-0.2, 0) is 0 Å². The third-order valence-electron chi connectivity index (χ3n) is 0.285. The van der Waals surface area contributed by atoms with Crippen LogP contribution in [0.1, 0.15) is 0 Å². The van der Waals surface area contributed by atoms with Crippen LogP contribution in [0.15, 0.2) is 0 Å². The predicted molar refractivity (Wildman–Crippen MR) is 48.2 cm³/mol. The second-order valence-electron chi connectivity index (χ2n) is 1.02. The molecule has 0 atom stereocenters. The highest BCUT2D eigenvalue weighted by molar-refractivity contribution is 7.80. The molecule has 10 heavy (non-hydrogen) atoms. The van der Waals surface area contributed by atoms with Crippen LogP contribution in [0.25, 0.3) is 0 Å². The molecule has 0 fully saturated rings. The van der Waals surface area contributed by atoms with Gasteiger partial charge in [0.1, 0.15) is 0 Å². The van der Waals surface area contributed by atoms with E-state index >= 15 is 0 Å². The normalized spacial score (nSPS) is 6.60. The average Bonchev–Trinajstić information content (AvgIpc) is 1.89. The van der Waals surface area contributed by atoms with Gasteiger partial charge in [0.2, 0.25) is 0 Å². The summed E-state index contributed by atoms with van der Waals surface area (Å²) in [7, 11) is 0. The van der Waals surface area contributed by atoms with Crippen molar-refractivity contribution < 1.29 is 0 Å². The summed E-state index contributed by atoms with van der Waals surface area (Å²) < 4.78 is 0. The Balaban J connectivity index is 0. The van der Waals surface area contributed by atoms with Gasteiger partial charge in [0.05, 0.1) is 0 Å². The van der Waals surface area contributed by atoms with Crippen LogP contribution in [-0.4, -0.2) is 10.2 Å². The second kappa shape index (κ2) is 8.30. The molecule has 6 nitrogen and oxygen atoms in total. The number of hydrogen-bond acceptors (Lipinski definition) is 4. The highest BCUT2D eigenvalue weighted by Gasteiger charge is 1.67. The van der Waals surface area contributed by atoms with Crippen molar-refractivity contribution in [2.45, 2.75) is 0 Å². The van der Waals surface area contributed by atoms with Gasteiger partial charge >= 0.3 is 0 Å². The predicted octanol–water partition coefficient (Wildman–Crippen LogP) is -2.61. The van der Waals surface area contributed by atoms with E-state index in [1.807, 2.05) is 10.9 Å². The number of nitrogens with two attached hydrogens (primary N) is 4. The SMILES string of the molecule is NNC(N)=S.NNC(N)=S. The fraction of sp³-hybridized carbons (Fsp3) is 0. The third kappa shape index (κ3) is 26.6. The van der Waals surface area contributed by atoms with Gasteiger partial charge < -0.3 is 22.3 Å². The summed E-state index contributed by atoms with van der Waals surface area (Å²) in [5.74, 6) is 9.31. The third-order valence-corrected chi connectivity index (χ3v) is 0.520. The maximum absolute atomic E-state index is 4.79. The molecule has 8 heteroatoms. The van der Waals surface area contributed by atoms with Gasteiger partial charge in [0, 0.05) is 0 Å². The van der Waals surface area contributed by atoms with E-state index in [4.69, 9.17) is 11.5 Å². The lowest BCUT2D eigenvalue weighted by molar-refractivity contribution is 1.03. The summed E-state index contributed by atoms with van der Waals surface area (Å²) in [5, 5.41) is 0.231. The van der Waals surface area contributed by atoms with Gasteiger partial charge in [-0.3, -0.25) is 0 Å². The fourth-order valence-corrected chi connectivity index (χ4v) is 0. The highest BCUT2D eigenvalue weighted by atomic mass is 32.1. The lowest BCUT2D eigenvalue weighted by Crippen LogP contribution is -2.34. The van der Waals surface area contributed by atoms with Gasteiger partial charge in [0.25, 0.3) is 0 Å². The quantitative estimate of drug-likeness (QED) is 0.137. The van der Waals surface area contributed by atoms with Gasteiger partial charge in [-0.15, -0.1) is 0 Å². The zero-order valence-corrected chi connectivity index (χ0v) is 6.76. The molecule has 0 amide bonds. The Morgan fingerprint density at radius 3 is 1.00 bits per heavy atom. The lowest BCUT2D eigenvalue weighted by atomic mass is 11.2. The van der Waals surface area contributed by atoms with Crippen molar-refractivity contribution in [3.63, 3.8) is 0 Å². The number of nitrogens with one attached hydrogen (secondary N) is 2. The van der Waals surface area contributed by atoms with Gasteiger partial charge in [0.15, 0.2) is 10.2 Å². The standard InChI is InChI=1S/2CH5N3S/c2*2-1(5)4-3/h2*3H2,(H3,2,4,5). The summed E-state index contributed by atoms with van der Waals surface area (Å²) in [6, 6.07) is 0. The molecule has 0 aliphatic carbocycles. The molecule has 0 bridgehead atoms. The molecule has 0 radical (unpaired) electrons. The Labute approximate surface area is 69.2 Å². The van der Waals surface area contributed by atoms with Crippen molar-refractivity contribution in [2.24, 2.45) is 23.2 Å². The molecule has 0 aromatic carbocycles. The van der Waals surface area contributed by atoms with Gasteiger partial charge in [-0.05, 0) is 24.4 Å². The molecule has 0 aromatic rings. The number of rotatable bonds is 0. The van der Waals surface area contributed by atoms with Gasteiger partial charge in [-0.25, -0.2) is 11.7 Å². The molecule has 0 rings (SSSR count). The molecule has 0 spiro atoms. The molecule has 0 unspecified atom stereocenters. The smallest absolute Gasteiger partial charge is 0.177 e. The monoisotopic (exact) mass is 182 g/mol. The summed E-state index contributed by atoms with van der Waals surface area (Å²) in [6.45, 7) is 0. The molecule has 0 aliphatic heterocycles. The zero-order valence-electron chi connectivity index (χ0n) is 5.13. The molecular weight excluding hydrogens is 172 g/mol. The topological polar surface area (TPSA) is 128 Å². The van der Waals surface area contributed by atoms with E-state index < -0.39 is 0 Å². The number of thiocarbonyl (C=S) groups is 2. The van der Waals surface area contributed by atoms with E-state index in [1.165, 1.54) is 0 Å². The molecule has 0 saturated carbocycles. The summed E-state index contributed by atoms with van der Waals surface area (Å²) in [5.41, 5.74) is 13.6. The van der Waals surface area contributed by atoms with Gasteiger partial charge in [-0.2, -0.15) is 0 Å². The molecule has 0 saturated heterocycles. The van der Waals surface area contributed by atoms with Crippen LogP contribution in [0.5, 0.6) is 0 Å². The number of hydrazine groups is 2. The van der Waals surface area contributed by atoms with Crippen molar-refractivity contribution in [1.29, 1.82) is 0 Å². The minimum atomic E-state index is 0.116. The zero-order chi connectivity index (χ0) is 8.57. The van der Waals surface area contributed by atoms with E-state index in [2.05, 4.69) is 36.1 Å². The molecule has 0 heterocycles. The maximum Gasteiger partial charge on any atom is 0.177 e. The van der Waals surface area contributed by atoms with E-state index in [0.717, 1.165) is 0 Å². The first-order valence-electron chi connectivity index (χ1n) is 2.06. The molecule has 0 aliphatic rings. The van der Waals surface area contributed by atoms with Crippen LogP contribution in [0, 0.1) is 0 Å². The minimum absolute atomic E-state index is 0.116. The molecule has 60 valence electrons.